The van der Waals surface area contributed by atoms with Crippen LogP contribution in [-0.2, 0) is 25.3 Å². The van der Waals surface area contributed by atoms with Crippen LogP contribution in [-0.4, -0.2) is 56.2 Å². The monoisotopic (exact) mass is 667 g/mol. The van der Waals surface area contributed by atoms with E-state index >= 15 is 4.39 Å². The molecule has 1 amide bonds. The number of halogens is 3. The molecule has 0 bridgehead atoms. The maximum absolute atomic E-state index is 15.4. The van der Waals surface area contributed by atoms with Crippen molar-refractivity contribution in [3.63, 3.8) is 0 Å². The van der Waals surface area contributed by atoms with Crippen molar-refractivity contribution in [3.8, 4) is 28.3 Å². The van der Waals surface area contributed by atoms with Crippen LogP contribution in [0.15, 0.2) is 52.2 Å². The number of fused-ring (bicyclic) bond motifs is 1. The number of carbonyl (C=O) groups is 2. The first kappa shape index (κ1) is 31.5. The Morgan fingerprint density at radius 3 is 2.50 bits per heavy atom. The number of carboxylic acid groups (broad SMARTS) is 1. The number of likely N-dealkylation sites (tertiary alicyclic amines) is 1. The van der Waals surface area contributed by atoms with Crippen molar-refractivity contribution in [2.75, 3.05) is 25.5 Å². The minimum atomic E-state index is -0.833. The number of rotatable bonds is 7. The maximum Gasteiger partial charge on any atom is 0.330 e. The van der Waals surface area contributed by atoms with Gasteiger partial charge in [0, 0.05) is 61.7 Å². The Morgan fingerprint density at radius 1 is 1.09 bits per heavy atom. The topological polar surface area (TPSA) is 136 Å². The quantitative estimate of drug-likeness (QED) is 0.294. The highest BCUT2D eigenvalue weighted by molar-refractivity contribution is 6.39. The van der Waals surface area contributed by atoms with Gasteiger partial charge in [0.15, 0.2) is 0 Å². The summed E-state index contributed by atoms with van der Waals surface area (Å²) in [4.78, 5) is 55.9. The van der Waals surface area contributed by atoms with Crippen LogP contribution in [0.2, 0.25) is 10.0 Å². The number of hydrogen-bond acceptors (Lipinski definition) is 7. The van der Waals surface area contributed by atoms with Crippen molar-refractivity contribution in [2.24, 2.45) is 20.0 Å². The lowest BCUT2D eigenvalue weighted by Gasteiger charge is -2.41. The SMILES string of the molecule is COc1nc(-c2cccc(-c3c(F)ccc(NC(=O)c4cn(C)c(=O)n(C)c4=O)c3Cl)c2Cl)cc2c1C(N1CC(C(=O)O)C1)CC2. The number of nitrogens with one attached hydrogen (secondary N) is 1. The zero-order chi connectivity index (χ0) is 33.0. The minimum absolute atomic E-state index is 0.00397. The highest BCUT2D eigenvalue weighted by atomic mass is 35.5. The number of carboxylic acids is 1. The minimum Gasteiger partial charge on any atom is -0.481 e. The molecule has 6 rings (SSSR count). The first-order valence-corrected chi connectivity index (χ1v) is 15.1. The van der Waals surface area contributed by atoms with Gasteiger partial charge in [0.1, 0.15) is 11.4 Å². The lowest BCUT2D eigenvalue weighted by molar-refractivity contribution is -0.148. The maximum atomic E-state index is 15.4. The molecule has 3 heterocycles. The van der Waals surface area contributed by atoms with Crippen LogP contribution in [0, 0.1) is 11.7 Å². The van der Waals surface area contributed by atoms with Gasteiger partial charge in [-0.25, -0.2) is 14.2 Å². The molecule has 1 fully saturated rings. The molecule has 2 aromatic heterocycles. The van der Waals surface area contributed by atoms with Gasteiger partial charge in [-0.15, -0.1) is 0 Å². The first-order chi connectivity index (χ1) is 21.9. The molecule has 2 aliphatic rings. The van der Waals surface area contributed by atoms with E-state index in [0.29, 0.717) is 30.2 Å². The van der Waals surface area contributed by atoms with Crippen molar-refractivity contribution in [1.29, 1.82) is 0 Å². The fourth-order valence-corrected chi connectivity index (χ4v) is 6.76. The second kappa shape index (κ2) is 12.0. The molecule has 46 heavy (non-hydrogen) atoms. The van der Waals surface area contributed by atoms with E-state index in [1.807, 2.05) is 6.07 Å². The highest BCUT2D eigenvalue weighted by Gasteiger charge is 2.41. The normalized spacial score (nSPS) is 16.2. The number of nitrogens with zero attached hydrogens (tertiary/aromatic N) is 4. The molecule has 2 aromatic carbocycles. The average Bonchev–Trinajstić information content (AvgIpc) is 3.42. The number of ether oxygens (including phenoxy) is 1. The van der Waals surface area contributed by atoms with Crippen molar-refractivity contribution >= 4 is 40.8 Å². The molecule has 0 spiro atoms. The molecule has 4 aromatic rings. The van der Waals surface area contributed by atoms with E-state index in [9.17, 15) is 24.3 Å². The molecule has 2 N–H and O–H groups in total. The molecule has 1 saturated heterocycles. The van der Waals surface area contributed by atoms with E-state index in [1.165, 1.54) is 27.3 Å². The lowest BCUT2D eigenvalue weighted by Crippen LogP contribution is -2.51. The molecule has 11 nitrogen and oxygen atoms in total. The summed E-state index contributed by atoms with van der Waals surface area (Å²) >= 11 is 13.6. The van der Waals surface area contributed by atoms with Crippen LogP contribution in [0.4, 0.5) is 10.1 Å². The Morgan fingerprint density at radius 2 is 1.80 bits per heavy atom. The zero-order valence-corrected chi connectivity index (χ0v) is 26.4. The molecule has 14 heteroatoms. The predicted molar refractivity (Wildman–Crippen MR) is 170 cm³/mol. The molecule has 0 radical (unpaired) electrons. The van der Waals surface area contributed by atoms with Crippen LogP contribution in [0.1, 0.15) is 33.9 Å². The lowest BCUT2D eigenvalue weighted by atomic mass is 9.95. The largest absolute Gasteiger partial charge is 0.481 e. The van der Waals surface area contributed by atoms with Crippen molar-refractivity contribution in [2.45, 2.75) is 18.9 Å². The number of aliphatic carboxylic acids is 1. The Balaban J connectivity index is 1.35. The number of anilines is 1. The molecule has 1 unspecified atom stereocenters. The van der Waals surface area contributed by atoms with Crippen molar-refractivity contribution in [3.05, 3.63) is 96.0 Å². The van der Waals surface area contributed by atoms with E-state index in [1.54, 1.807) is 18.2 Å². The summed E-state index contributed by atoms with van der Waals surface area (Å²) in [5, 5.41) is 11.9. The number of aryl methyl sites for hydroxylation is 2. The van der Waals surface area contributed by atoms with Gasteiger partial charge >= 0.3 is 11.7 Å². The van der Waals surface area contributed by atoms with Gasteiger partial charge in [-0.3, -0.25) is 23.9 Å². The summed E-state index contributed by atoms with van der Waals surface area (Å²) in [6.45, 7) is 0.928. The van der Waals surface area contributed by atoms with E-state index in [4.69, 9.17) is 32.9 Å². The van der Waals surface area contributed by atoms with Gasteiger partial charge in [-0.2, -0.15) is 0 Å². The smallest absolute Gasteiger partial charge is 0.330 e. The van der Waals surface area contributed by atoms with Crippen molar-refractivity contribution < 1.29 is 23.8 Å². The molecule has 238 valence electrons. The molecular weight excluding hydrogens is 640 g/mol. The van der Waals surface area contributed by atoms with E-state index in [0.717, 1.165) is 45.4 Å². The molecular formula is C32H28Cl2FN5O6. The van der Waals surface area contributed by atoms with E-state index in [2.05, 4.69) is 10.2 Å². The number of pyridine rings is 1. The first-order valence-electron chi connectivity index (χ1n) is 14.3. The van der Waals surface area contributed by atoms with Gasteiger partial charge in [-0.05, 0) is 36.6 Å². The number of hydrogen-bond donors (Lipinski definition) is 2. The summed E-state index contributed by atoms with van der Waals surface area (Å²) in [6.07, 6.45) is 2.65. The highest BCUT2D eigenvalue weighted by Crippen LogP contribution is 2.47. The third-order valence-corrected chi connectivity index (χ3v) is 9.40. The van der Waals surface area contributed by atoms with Crippen LogP contribution >= 0.6 is 23.2 Å². The fraction of sp³-hybridized carbons (Fsp3) is 0.281. The van der Waals surface area contributed by atoms with Gasteiger partial charge in [0.25, 0.3) is 11.5 Å². The Hall–Kier alpha value is -4.52. The number of carbonyl (C=O) groups excluding carboxylic acids is 1. The van der Waals surface area contributed by atoms with Crippen LogP contribution in [0.5, 0.6) is 5.88 Å². The molecule has 1 atom stereocenters. The van der Waals surface area contributed by atoms with Crippen LogP contribution < -0.4 is 21.3 Å². The molecule has 1 aliphatic heterocycles. The summed E-state index contributed by atoms with van der Waals surface area (Å²) in [5.74, 6) is -2.31. The summed E-state index contributed by atoms with van der Waals surface area (Å²) in [5.41, 5.74) is 1.43. The summed E-state index contributed by atoms with van der Waals surface area (Å²) < 4.78 is 23.0. The third kappa shape index (κ3) is 5.25. The van der Waals surface area contributed by atoms with E-state index in [-0.39, 0.29) is 44.4 Å². The second-order valence-corrected chi connectivity index (χ2v) is 12.1. The standard InChI is InChI=1S/C32H28Cl2FN5O6/c1-38-14-19(30(42)39(2)32(38)45)28(41)36-21-9-8-20(35)25(27(21)34)18-6-4-5-17(26(18)33)22-11-15-7-10-23(24(15)29(37-22)46-3)40-12-16(13-40)31(43)44/h4-6,8-9,11,14,16,23H,7,10,12-13H2,1-3H3,(H,36,41)(H,43,44). The summed E-state index contributed by atoms with van der Waals surface area (Å²) in [7, 11) is 4.19. The Bertz CT molecular complexity index is 2060. The van der Waals surface area contributed by atoms with Gasteiger partial charge in [-0.1, -0.05) is 41.4 Å². The number of amides is 1. The zero-order valence-electron chi connectivity index (χ0n) is 24.9. The summed E-state index contributed by atoms with van der Waals surface area (Å²) in [6, 6.07) is 9.32. The van der Waals surface area contributed by atoms with Crippen LogP contribution in [0.3, 0.4) is 0 Å². The van der Waals surface area contributed by atoms with E-state index < -0.39 is 28.9 Å². The Labute approximate surface area is 271 Å². The van der Waals surface area contributed by atoms with Crippen molar-refractivity contribution in [1.82, 2.24) is 19.0 Å². The van der Waals surface area contributed by atoms with Gasteiger partial charge < -0.3 is 19.7 Å². The second-order valence-electron chi connectivity index (χ2n) is 11.3. The van der Waals surface area contributed by atoms with Crippen LogP contribution in [0.25, 0.3) is 22.4 Å². The number of methoxy groups -OCH3 is 1. The average molecular weight is 669 g/mol. The third-order valence-electron chi connectivity index (χ3n) is 8.60. The number of aromatic nitrogens is 3. The molecule has 1 aliphatic carbocycles. The van der Waals surface area contributed by atoms with Gasteiger partial charge in [0.2, 0.25) is 5.88 Å². The number of benzene rings is 2. The Kier molecular flexibility index (Phi) is 8.21. The molecule has 0 saturated carbocycles. The van der Waals surface area contributed by atoms with Gasteiger partial charge in [0.05, 0.1) is 34.5 Å². The predicted octanol–water partition coefficient (Wildman–Crippen LogP) is 4.52. The fourth-order valence-electron chi connectivity index (χ4n) is 6.14.